The van der Waals surface area contributed by atoms with Gasteiger partial charge in [-0.2, -0.15) is 0 Å². The zero-order chi connectivity index (χ0) is 21.7. The van der Waals surface area contributed by atoms with E-state index in [4.69, 9.17) is 16.3 Å². The number of ether oxygens (including phenoxy) is 1. The number of benzene rings is 3. The molecule has 3 aromatic rings. The van der Waals surface area contributed by atoms with Crippen molar-refractivity contribution >= 4 is 38.7 Å². The van der Waals surface area contributed by atoms with Gasteiger partial charge in [-0.1, -0.05) is 41.4 Å². The summed E-state index contributed by atoms with van der Waals surface area (Å²) < 4.78 is 31.3. The van der Waals surface area contributed by atoms with E-state index in [2.05, 4.69) is 10.6 Å². The quantitative estimate of drug-likeness (QED) is 0.558. The minimum atomic E-state index is -3.74. The molecule has 8 heteroatoms. The highest BCUT2D eigenvalue weighted by atomic mass is 35.5. The van der Waals surface area contributed by atoms with Gasteiger partial charge >= 0.3 is 0 Å². The van der Waals surface area contributed by atoms with Gasteiger partial charge in [-0.3, -0.25) is 4.79 Å². The fourth-order valence-electron chi connectivity index (χ4n) is 2.84. The van der Waals surface area contributed by atoms with Gasteiger partial charge in [0.05, 0.1) is 34.8 Å². The summed E-state index contributed by atoms with van der Waals surface area (Å²) in [5.74, 6) is 0.0909. The molecule has 0 fully saturated rings. The maximum atomic E-state index is 13.1. The largest absolute Gasteiger partial charge is 0.495 e. The van der Waals surface area contributed by atoms with Crippen molar-refractivity contribution in [1.82, 2.24) is 0 Å². The van der Waals surface area contributed by atoms with Crippen LogP contribution in [0.4, 0.5) is 11.4 Å². The molecule has 0 saturated carbocycles. The van der Waals surface area contributed by atoms with Crippen LogP contribution in [-0.2, 0) is 14.6 Å². The molecule has 0 aliphatic rings. The van der Waals surface area contributed by atoms with Gasteiger partial charge < -0.3 is 15.4 Å². The lowest BCUT2D eigenvalue weighted by Gasteiger charge is -2.14. The van der Waals surface area contributed by atoms with Crippen LogP contribution in [0, 0.1) is 6.92 Å². The average molecular weight is 445 g/mol. The molecule has 6 nitrogen and oxygen atoms in total. The molecule has 0 unspecified atom stereocenters. The molecule has 0 radical (unpaired) electrons. The van der Waals surface area contributed by atoms with E-state index < -0.39 is 9.84 Å². The summed E-state index contributed by atoms with van der Waals surface area (Å²) >= 11 is 5.98. The molecule has 0 spiro atoms. The lowest BCUT2D eigenvalue weighted by atomic mass is 10.2. The molecular formula is C22H21ClN2O4S. The Bertz CT molecular complexity index is 1160. The molecule has 1 amide bonds. The normalized spacial score (nSPS) is 11.0. The number of anilines is 2. The van der Waals surface area contributed by atoms with Crippen LogP contribution >= 0.6 is 11.6 Å². The Labute approximate surface area is 180 Å². The van der Waals surface area contributed by atoms with E-state index in [0.717, 1.165) is 5.56 Å². The maximum absolute atomic E-state index is 13.1. The topological polar surface area (TPSA) is 84.5 Å². The van der Waals surface area contributed by atoms with Gasteiger partial charge in [-0.15, -0.1) is 0 Å². The highest BCUT2D eigenvalue weighted by Crippen LogP contribution is 2.29. The van der Waals surface area contributed by atoms with Gasteiger partial charge in [0, 0.05) is 5.02 Å². The monoisotopic (exact) mass is 444 g/mol. The van der Waals surface area contributed by atoms with E-state index in [1.165, 1.54) is 13.2 Å². The number of halogens is 1. The van der Waals surface area contributed by atoms with Crippen molar-refractivity contribution in [2.24, 2.45) is 0 Å². The number of methoxy groups -OCH3 is 1. The first-order chi connectivity index (χ1) is 14.3. The SMILES string of the molecule is COc1ccc(Cl)cc1NC(=O)CNc1ccccc1S(=O)(=O)c1ccc(C)cc1. The average Bonchev–Trinajstić information content (AvgIpc) is 2.73. The number of para-hydroxylation sites is 1. The summed E-state index contributed by atoms with van der Waals surface area (Å²) in [6.07, 6.45) is 0. The first-order valence-corrected chi connectivity index (χ1v) is 11.0. The van der Waals surface area contributed by atoms with Crippen LogP contribution in [0.25, 0.3) is 0 Å². The van der Waals surface area contributed by atoms with Crippen molar-refractivity contribution in [3.8, 4) is 5.75 Å². The van der Waals surface area contributed by atoms with E-state index in [9.17, 15) is 13.2 Å². The number of aryl methyl sites for hydroxylation is 1. The minimum Gasteiger partial charge on any atom is -0.495 e. The number of nitrogens with one attached hydrogen (secondary N) is 2. The number of hydrogen-bond donors (Lipinski definition) is 2. The predicted octanol–water partition coefficient (Wildman–Crippen LogP) is 4.54. The Morgan fingerprint density at radius 2 is 1.70 bits per heavy atom. The Hall–Kier alpha value is -3.03. The maximum Gasteiger partial charge on any atom is 0.243 e. The van der Waals surface area contributed by atoms with Crippen molar-refractivity contribution in [1.29, 1.82) is 0 Å². The molecular weight excluding hydrogens is 424 g/mol. The third-order valence-corrected chi connectivity index (χ3v) is 6.45. The van der Waals surface area contributed by atoms with Crippen LogP contribution in [0.5, 0.6) is 5.75 Å². The standard InChI is InChI=1S/C22H21ClN2O4S/c1-15-7-10-17(11-8-15)30(27,28)21-6-4-3-5-18(21)24-14-22(26)25-19-13-16(23)9-12-20(19)29-2/h3-13,24H,14H2,1-2H3,(H,25,26). The molecule has 2 N–H and O–H groups in total. The first-order valence-electron chi connectivity index (χ1n) is 9.09. The van der Waals surface area contributed by atoms with Crippen molar-refractivity contribution < 1.29 is 17.9 Å². The predicted molar refractivity (Wildman–Crippen MR) is 118 cm³/mol. The molecule has 3 aromatic carbocycles. The fourth-order valence-corrected chi connectivity index (χ4v) is 4.45. The van der Waals surface area contributed by atoms with Crippen molar-refractivity contribution in [2.45, 2.75) is 16.7 Å². The molecule has 0 saturated heterocycles. The zero-order valence-corrected chi connectivity index (χ0v) is 18.0. The molecule has 156 valence electrons. The number of hydrogen-bond acceptors (Lipinski definition) is 5. The summed E-state index contributed by atoms with van der Waals surface area (Å²) in [6.45, 7) is 1.75. The number of sulfone groups is 1. The second-order valence-electron chi connectivity index (χ2n) is 6.56. The summed E-state index contributed by atoms with van der Waals surface area (Å²) in [4.78, 5) is 12.7. The van der Waals surface area contributed by atoms with E-state index in [1.54, 1.807) is 60.7 Å². The summed E-state index contributed by atoms with van der Waals surface area (Å²) in [5.41, 5.74) is 1.73. The van der Waals surface area contributed by atoms with Crippen LogP contribution in [0.3, 0.4) is 0 Å². The molecule has 0 aliphatic carbocycles. The van der Waals surface area contributed by atoms with Gasteiger partial charge in [-0.05, 0) is 49.4 Å². The van der Waals surface area contributed by atoms with Crippen molar-refractivity contribution in [3.05, 3.63) is 77.3 Å². The van der Waals surface area contributed by atoms with Gasteiger partial charge in [0.2, 0.25) is 15.7 Å². The summed E-state index contributed by atoms with van der Waals surface area (Å²) in [6, 6.07) is 18.0. The Morgan fingerprint density at radius 3 is 2.40 bits per heavy atom. The van der Waals surface area contributed by atoms with Crippen LogP contribution < -0.4 is 15.4 Å². The summed E-state index contributed by atoms with van der Waals surface area (Å²) in [7, 11) is -2.25. The Balaban J connectivity index is 1.78. The first kappa shape index (κ1) is 21.7. The molecule has 0 aromatic heterocycles. The fraction of sp³-hybridized carbons (Fsp3) is 0.136. The second kappa shape index (κ2) is 9.19. The molecule has 30 heavy (non-hydrogen) atoms. The van der Waals surface area contributed by atoms with E-state index >= 15 is 0 Å². The molecule has 0 aliphatic heterocycles. The highest BCUT2D eigenvalue weighted by molar-refractivity contribution is 7.91. The third-order valence-electron chi connectivity index (χ3n) is 4.38. The molecule has 0 atom stereocenters. The van der Waals surface area contributed by atoms with Gasteiger partial charge in [0.25, 0.3) is 0 Å². The van der Waals surface area contributed by atoms with Gasteiger partial charge in [-0.25, -0.2) is 8.42 Å². The Kier molecular flexibility index (Phi) is 6.64. The van der Waals surface area contributed by atoms with E-state index in [-0.39, 0.29) is 22.2 Å². The minimum absolute atomic E-state index is 0.0991. The number of carbonyl (C=O) groups excluding carboxylic acids is 1. The molecule has 0 bridgehead atoms. The lowest BCUT2D eigenvalue weighted by Crippen LogP contribution is -2.23. The van der Waals surface area contributed by atoms with Crippen LogP contribution in [-0.4, -0.2) is 28.0 Å². The van der Waals surface area contributed by atoms with Gasteiger partial charge in [0.15, 0.2) is 0 Å². The number of rotatable bonds is 7. The zero-order valence-electron chi connectivity index (χ0n) is 16.5. The molecule has 0 heterocycles. The second-order valence-corrected chi connectivity index (χ2v) is 8.91. The third kappa shape index (κ3) is 4.93. The Morgan fingerprint density at radius 1 is 1.00 bits per heavy atom. The molecule has 3 rings (SSSR count). The highest BCUT2D eigenvalue weighted by Gasteiger charge is 2.21. The van der Waals surface area contributed by atoms with Crippen LogP contribution in [0.1, 0.15) is 5.56 Å². The van der Waals surface area contributed by atoms with Crippen molar-refractivity contribution in [3.63, 3.8) is 0 Å². The van der Waals surface area contributed by atoms with Crippen LogP contribution in [0.2, 0.25) is 5.02 Å². The van der Waals surface area contributed by atoms with Crippen molar-refractivity contribution in [2.75, 3.05) is 24.3 Å². The smallest absolute Gasteiger partial charge is 0.243 e. The van der Waals surface area contributed by atoms with E-state index in [0.29, 0.717) is 22.1 Å². The lowest BCUT2D eigenvalue weighted by molar-refractivity contribution is -0.114. The summed E-state index contributed by atoms with van der Waals surface area (Å²) in [5, 5.41) is 6.07. The number of carbonyl (C=O) groups is 1. The number of amides is 1. The van der Waals surface area contributed by atoms with Crippen LogP contribution in [0.15, 0.2) is 76.5 Å². The van der Waals surface area contributed by atoms with Gasteiger partial charge in [0.1, 0.15) is 5.75 Å². The van der Waals surface area contributed by atoms with E-state index in [1.807, 2.05) is 6.92 Å².